The van der Waals surface area contributed by atoms with Crippen molar-refractivity contribution in [3.63, 3.8) is 0 Å². The highest BCUT2D eigenvalue weighted by Gasteiger charge is 2.32. The maximum atomic E-state index is 12.5. The molecule has 0 fully saturated rings. The summed E-state index contributed by atoms with van der Waals surface area (Å²) >= 11 is 0. The van der Waals surface area contributed by atoms with Gasteiger partial charge in [-0.1, -0.05) is 80.5 Å². The molecule has 0 saturated carbocycles. The second-order valence-corrected chi connectivity index (χ2v) is 10.1. The van der Waals surface area contributed by atoms with Crippen LogP contribution in [0.1, 0.15) is 85.9 Å². The summed E-state index contributed by atoms with van der Waals surface area (Å²) in [6.07, 6.45) is 1.80. The van der Waals surface area contributed by atoms with Gasteiger partial charge in [0.05, 0.1) is 5.69 Å². The molecular weight excluding hydrogens is 306 g/mol. The van der Waals surface area contributed by atoms with E-state index in [1.807, 2.05) is 4.90 Å². The molecular formula is C23H37NO. The number of nitrogens with zero attached hydrogens (tertiary/aromatic N) is 1. The molecule has 0 unspecified atom stereocenters. The van der Waals surface area contributed by atoms with Crippen LogP contribution in [0.3, 0.4) is 0 Å². The highest BCUT2D eigenvalue weighted by molar-refractivity contribution is 5.94. The van der Waals surface area contributed by atoms with Gasteiger partial charge in [0, 0.05) is 13.5 Å². The van der Waals surface area contributed by atoms with Gasteiger partial charge in [0.1, 0.15) is 0 Å². The highest BCUT2D eigenvalue weighted by Crippen LogP contribution is 2.43. The Morgan fingerprint density at radius 1 is 0.920 bits per heavy atom. The lowest BCUT2D eigenvalue weighted by Gasteiger charge is -2.37. The quantitative estimate of drug-likeness (QED) is 0.606. The minimum atomic E-state index is -0.0640. The summed E-state index contributed by atoms with van der Waals surface area (Å²) < 4.78 is 0. The Kier molecular flexibility index (Phi) is 5.99. The van der Waals surface area contributed by atoms with Crippen LogP contribution in [-0.4, -0.2) is 12.5 Å². The fourth-order valence-electron chi connectivity index (χ4n) is 3.01. The SMILES string of the molecule is C=CCN(C(C)=O)c1c(C(C)(C)C)cc(C(C)(C)C)cc1C(C)(C)C. The number of anilines is 1. The van der Waals surface area contributed by atoms with Gasteiger partial charge in [0.2, 0.25) is 5.91 Å². The van der Waals surface area contributed by atoms with Crippen LogP contribution < -0.4 is 4.90 Å². The zero-order chi connectivity index (χ0) is 19.8. The smallest absolute Gasteiger partial charge is 0.224 e. The first-order valence-electron chi connectivity index (χ1n) is 9.19. The number of rotatable bonds is 3. The Morgan fingerprint density at radius 2 is 1.32 bits per heavy atom. The molecule has 0 heterocycles. The summed E-state index contributed by atoms with van der Waals surface area (Å²) in [7, 11) is 0. The van der Waals surface area contributed by atoms with E-state index in [1.54, 1.807) is 13.0 Å². The maximum absolute atomic E-state index is 12.5. The molecule has 2 nitrogen and oxygen atoms in total. The first kappa shape index (κ1) is 21.5. The Bertz CT molecular complexity index is 613. The molecule has 0 aliphatic carbocycles. The van der Waals surface area contributed by atoms with Crippen LogP contribution in [0.4, 0.5) is 5.69 Å². The van der Waals surface area contributed by atoms with E-state index < -0.39 is 0 Å². The average molecular weight is 344 g/mol. The van der Waals surface area contributed by atoms with Crippen molar-refractivity contribution < 1.29 is 4.79 Å². The first-order valence-corrected chi connectivity index (χ1v) is 9.19. The van der Waals surface area contributed by atoms with Crippen molar-refractivity contribution >= 4 is 11.6 Å². The van der Waals surface area contributed by atoms with Crippen LogP contribution in [0.25, 0.3) is 0 Å². The Labute approximate surface area is 155 Å². The fourth-order valence-corrected chi connectivity index (χ4v) is 3.01. The van der Waals surface area contributed by atoms with E-state index in [0.717, 1.165) is 5.69 Å². The van der Waals surface area contributed by atoms with Gasteiger partial charge < -0.3 is 4.90 Å². The molecule has 25 heavy (non-hydrogen) atoms. The van der Waals surface area contributed by atoms with Crippen LogP contribution in [0.2, 0.25) is 0 Å². The number of carbonyl (C=O) groups excluding carboxylic acids is 1. The Balaban J connectivity index is 4.00. The molecule has 0 radical (unpaired) electrons. The van der Waals surface area contributed by atoms with Crippen LogP contribution in [-0.2, 0) is 21.0 Å². The van der Waals surface area contributed by atoms with E-state index in [-0.39, 0.29) is 22.2 Å². The third kappa shape index (κ3) is 4.96. The van der Waals surface area contributed by atoms with Crippen molar-refractivity contribution in [2.75, 3.05) is 11.4 Å². The molecule has 0 aliphatic rings. The molecule has 0 spiro atoms. The second kappa shape index (κ2) is 6.97. The van der Waals surface area contributed by atoms with Crippen molar-refractivity contribution in [2.45, 2.75) is 85.5 Å². The number of hydrogen-bond acceptors (Lipinski definition) is 1. The number of hydrogen-bond donors (Lipinski definition) is 0. The molecule has 0 bridgehead atoms. The predicted molar refractivity (Wildman–Crippen MR) is 111 cm³/mol. The Morgan fingerprint density at radius 3 is 1.56 bits per heavy atom. The topological polar surface area (TPSA) is 20.3 Å². The number of amides is 1. The van der Waals surface area contributed by atoms with E-state index in [9.17, 15) is 4.79 Å². The first-order chi connectivity index (χ1) is 11.1. The summed E-state index contributed by atoms with van der Waals surface area (Å²) in [6.45, 7) is 26.1. The molecule has 1 aromatic carbocycles. The van der Waals surface area contributed by atoms with Gasteiger partial charge in [-0.15, -0.1) is 6.58 Å². The molecule has 140 valence electrons. The van der Waals surface area contributed by atoms with E-state index in [0.29, 0.717) is 6.54 Å². The molecule has 1 amide bonds. The molecule has 2 heteroatoms. The van der Waals surface area contributed by atoms with Gasteiger partial charge in [-0.3, -0.25) is 4.79 Å². The van der Waals surface area contributed by atoms with E-state index in [1.165, 1.54) is 16.7 Å². The largest absolute Gasteiger partial charge is 0.308 e. The number of benzene rings is 1. The molecule has 0 N–H and O–H groups in total. The van der Waals surface area contributed by atoms with Crippen molar-refractivity contribution in [3.05, 3.63) is 41.5 Å². The van der Waals surface area contributed by atoms with E-state index in [4.69, 9.17) is 0 Å². The van der Waals surface area contributed by atoms with Gasteiger partial charge >= 0.3 is 0 Å². The van der Waals surface area contributed by atoms with E-state index in [2.05, 4.69) is 81.0 Å². The van der Waals surface area contributed by atoms with Crippen LogP contribution >= 0.6 is 0 Å². The van der Waals surface area contributed by atoms with Crippen LogP contribution in [0.5, 0.6) is 0 Å². The molecule has 0 aliphatic heterocycles. The van der Waals surface area contributed by atoms with Gasteiger partial charge in [-0.05, 0) is 32.9 Å². The van der Waals surface area contributed by atoms with Gasteiger partial charge in [-0.2, -0.15) is 0 Å². The van der Waals surface area contributed by atoms with Crippen molar-refractivity contribution in [3.8, 4) is 0 Å². The lowest BCUT2D eigenvalue weighted by molar-refractivity contribution is -0.116. The molecule has 1 aromatic rings. The van der Waals surface area contributed by atoms with Crippen LogP contribution in [0.15, 0.2) is 24.8 Å². The van der Waals surface area contributed by atoms with E-state index >= 15 is 0 Å². The number of carbonyl (C=O) groups is 1. The minimum absolute atomic E-state index is 0.0536. The lowest BCUT2D eigenvalue weighted by Crippen LogP contribution is -2.34. The lowest BCUT2D eigenvalue weighted by atomic mass is 9.74. The van der Waals surface area contributed by atoms with Crippen LogP contribution in [0, 0.1) is 0 Å². The predicted octanol–water partition coefficient (Wildman–Crippen LogP) is 6.12. The third-order valence-corrected chi connectivity index (χ3v) is 4.55. The molecule has 0 atom stereocenters. The summed E-state index contributed by atoms with van der Waals surface area (Å²) in [4.78, 5) is 14.3. The molecule has 1 rings (SSSR count). The van der Waals surface area contributed by atoms with Crippen molar-refractivity contribution in [2.24, 2.45) is 0 Å². The second-order valence-electron chi connectivity index (χ2n) is 10.1. The summed E-state index contributed by atoms with van der Waals surface area (Å²) in [5, 5.41) is 0. The molecule has 0 aromatic heterocycles. The monoisotopic (exact) mass is 343 g/mol. The Hall–Kier alpha value is -1.57. The molecule has 0 saturated heterocycles. The zero-order valence-corrected chi connectivity index (χ0v) is 18.0. The maximum Gasteiger partial charge on any atom is 0.224 e. The van der Waals surface area contributed by atoms with Gasteiger partial charge in [-0.25, -0.2) is 0 Å². The van der Waals surface area contributed by atoms with Gasteiger partial charge in [0.15, 0.2) is 0 Å². The zero-order valence-electron chi connectivity index (χ0n) is 18.0. The van der Waals surface area contributed by atoms with Crippen molar-refractivity contribution in [1.29, 1.82) is 0 Å². The van der Waals surface area contributed by atoms with Gasteiger partial charge in [0.25, 0.3) is 0 Å². The summed E-state index contributed by atoms with van der Waals surface area (Å²) in [5.41, 5.74) is 4.74. The van der Waals surface area contributed by atoms with Crippen molar-refractivity contribution in [1.82, 2.24) is 0 Å². The fraction of sp³-hybridized carbons (Fsp3) is 0.609. The third-order valence-electron chi connectivity index (χ3n) is 4.55. The summed E-state index contributed by atoms with van der Waals surface area (Å²) in [5.74, 6) is 0.0550. The average Bonchev–Trinajstić information content (AvgIpc) is 2.40. The minimum Gasteiger partial charge on any atom is -0.308 e. The summed E-state index contributed by atoms with van der Waals surface area (Å²) in [6, 6.07) is 4.59. The highest BCUT2D eigenvalue weighted by atomic mass is 16.2. The normalized spacial score (nSPS) is 12.9. The standard InChI is InChI=1S/C23H37NO/c1-12-13-24(16(2)25)20-18(22(6,7)8)14-17(21(3,4)5)15-19(20)23(9,10)11/h12,14-15H,1,13H2,2-11H3.